The fraction of sp³-hybridized carbons (Fsp3) is 0.588. The van der Waals surface area contributed by atoms with E-state index in [1.165, 1.54) is 32.1 Å². The first-order chi connectivity index (χ1) is 9.66. The van der Waals surface area contributed by atoms with Crippen molar-refractivity contribution in [2.75, 3.05) is 5.32 Å². The van der Waals surface area contributed by atoms with Crippen LogP contribution >= 0.6 is 0 Å². The van der Waals surface area contributed by atoms with E-state index in [0.29, 0.717) is 6.04 Å². The molecule has 0 saturated heterocycles. The number of carbonyl (C=O) groups excluding carboxylic acids is 1. The lowest BCUT2D eigenvalue weighted by atomic mass is 9.84. The molecule has 0 spiro atoms. The summed E-state index contributed by atoms with van der Waals surface area (Å²) < 4.78 is 0. The third-order valence-corrected chi connectivity index (χ3v) is 4.30. The largest absolute Gasteiger partial charge is 0.326 e. The van der Waals surface area contributed by atoms with Gasteiger partial charge in [0.1, 0.15) is 0 Å². The van der Waals surface area contributed by atoms with Gasteiger partial charge in [0.2, 0.25) is 5.91 Å². The molecule has 1 saturated carbocycles. The molecule has 0 radical (unpaired) electrons. The minimum absolute atomic E-state index is 0.0159. The number of hydrogen-bond acceptors (Lipinski definition) is 2. The molecule has 1 amide bonds. The lowest BCUT2D eigenvalue weighted by molar-refractivity contribution is -0.114. The summed E-state index contributed by atoms with van der Waals surface area (Å²) in [5.74, 6) is 0.787. The summed E-state index contributed by atoms with van der Waals surface area (Å²) in [5.41, 5.74) is 2.08. The van der Waals surface area contributed by atoms with Gasteiger partial charge >= 0.3 is 0 Å². The van der Waals surface area contributed by atoms with Crippen LogP contribution in [0.4, 0.5) is 5.69 Å². The van der Waals surface area contributed by atoms with Gasteiger partial charge in [-0.05, 0) is 37.3 Å². The average molecular weight is 274 g/mol. The highest BCUT2D eigenvalue weighted by atomic mass is 16.1. The molecule has 1 aliphatic rings. The summed E-state index contributed by atoms with van der Waals surface area (Å²) in [6.07, 6.45) is 6.84. The number of para-hydroxylation sites is 1. The second-order valence-corrected chi connectivity index (χ2v) is 5.91. The smallest absolute Gasteiger partial charge is 0.221 e. The van der Waals surface area contributed by atoms with E-state index >= 15 is 0 Å². The van der Waals surface area contributed by atoms with Gasteiger partial charge in [-0.2, -0.15) is 0 Å². The van der Waals surface area contributed by atoms with Gasteiger partial charge < -0.3 is 10.6 Å². The number of rotatable bonds is 5. The molecule has 0 aliphatic heterocycles. The summed E-state index contributed by atoms with van der Waals surface area (Å²) in [6, 6.07) is 8.56. The van der Waals surface area contributed by atoms with Crippen molar-refractivity contribution in [3.05, 3.63) is 29.8 Å². The average Bonchev–Trinajstić information content (AvgIpc) is 2.46. The molecule has 1 unspecified atom stereocenters. The van der Waals surface area contributed by atoms with E-state index in [0.717, 1.165) is 23.7 Å². The first-order valence-electron chi connectivity index (χ1n) is 7.75. The van der Waals surface area contributed by atoms with E-state index in [1.54, 1.807) is 6.92 Å². The van der Waals surface area contributed by atoms with E-state index in [4.69, 9.17) is 0 Å². The molecule has 2 rings (SSSR count). The quantitative estimate of drug-likeness (QED) is 0.859. The highest BCUT2D eigenvalue weighted by molar-refractivity contribution is 5.89. The molecule has 1 aromatic carbocycles. The molecule has 0 heterocycles. The summed E-state index contributed by atoms with van der Waals surface area (Å²) >= 11 is 0. The molecule has 0 bridgehead atoms. The number of benzene rings is 1. The monoisotopic (exact) mass is 274 g/mol. The normalized spacial score (nSPS) is 17.7. The van der Waals surface area contributed by atoms with Crippen molar-refractivity contribution in [3.63, 3.8) is 0 Å². The van der Waals surface area contributed by atoms with Gasteiger partial charge in [0.25, 0.3) is 0 Å². The Balaban J connectivity index is 1.91. The van der Waals surface area contributed by atoms with Crippen LogP contribution in [0.15, 0.2) is 24.3 Å². The molecule has 1 aliphatic carbocycles. The fourth-order valence-corrected chi connectivity index (χ4v) is 3.06. The van der Waals surface area contributed by atoms with Crippen molar-refractivity contribution in [1.82, 2.24) is 5.32 Å². The number of hydrogen-bond donors (Lipinski definition) is 2. The maximum absolute atomic E-state index is 11.2. The SMILES string of the molecule is CC(=O)Nc1ccccc1CNC(C)C1CCCCC1. The Morgan fingerprint density at radius 1 is 1.25 bits per heavy atom. The van der Waals surface area contributed by atoms with Crippen LogP contribution in [0, 0.1) is 5.92 Å². The van der Waals surface area contributed by atoms with Crippen LogP contribution in [0.1, 0.15) is 51.5 Å². The van der Waals surface area contributed by atoms with Crippen LogP contribution in [-0.2, 0) is 11.3 Å². The molecule has 0 aromatic heterocycles. The van der Waals surface area contributed by atoms with Gasteiger partial charge in [-0.3, -0.25) is 4.79 Å². The molecule has 3 heteroatoms. The van der Waals surface area contributed by atoms with Crippen LogP contribution in [0.3, 0.4) is 0 Å². The molecule has 1 aromatic rings. The van der Waals surface area contributed by atoms with Crippen molar-refractivity contribution < 1.29 is 4.79 Å². The highest BCUT2D eigenvalue weighted by Crippen LogP contribution is 2.26. The molecular formula is C17H26N2O. The van der Waals surface area contributed by atoms with Crippen LogP contribution in [0.2, 0.25) is 0 Å². The zero-order valence-electron chi connectivity index (χ0n) is 12.6. The Bertz CT molecular complexity index is 438. The van der Waals surface area contributed by atoms with E-state index in [2.05, 4.69) is 23.6 Å². The molecule has 110 valence electrons. The first-order valence-corrected chi connectivity index (χ1v) is 7.75. The number of anilines is 1. The minimum atomic E-state index is -0.0159. The maximum atomic E-state index is 11.2. The van der Waals surface area contributed by atoms with Gasteiger partial charge in [-0.1, -0.05) is 37.5 Å². The van der Waals surface area contributed by atoms with E-state index < -0.39 is 0 Å². The molecule has 3 nitrogen and oxygen atoms in total. The van der Waals surface area contributed by atoms with Crippen molar-refractivity contribution in [2.24, 2.45) is 5.92 Å². The van der Waals surface area contributed by atoms with Crippen LogP contribution in [0.5, 0.6) is 0 Å². The lowest BCUT2D eigenvalue weighted by Gasteiger charge is -2.28. The van der Waals surface area contributed by atoms with Gasteiger partial charge in [0.05, 0.1) is 0 Å². The van der Waals surface area contributed by atoms with Crippen LogP contribution < -0.4 is 10.6 Å². The summed E-state index contributed by atoms with van der Waals surface area (Å²) in [4.78, 5) is 11.2. The van der Waals surface area contributed by atoms with Gasteiger partial charge in [0, 0.05) is 25.2 Å². The van der Waals surface area contributed by atoms with Crippen LogP contribution in [0.25, 0.3) is 0 Å². The fourth-order valence-electron chi connectivity index (χ4n) is 3.06. The molecule has 1 fully saturated rings. The Morgan fingerprint density at radius 3 is 2.65 bits per heavy atom. The van der Waals surface area contributed by atoms with E-state index in [-0.39, 0.29) is 5.91 Å². The van der Waals surface area contributed by atoms with Gasteiger partial charge in [-0.15, -0.1) is 0 Å². The number of carbonyl (C=O) groups is 1. The topological polar surface area (TPSA) is 41.1 Å². The van der Waals surface area contributed by atoms with Crippen molar-refractivity contribution in [1.29, 1.82) is 0 Å². The van der Waals surface area contributed by atoms with Crippen molar-refractivity contribution >= 4 is 11.6 Å². The predicted octanol–water partition coefficient (Wildman–Crippen LogP) is 3.70. The van der Waals surface area contributed by atoms with Gasteiger partial charge in [0.15, 0.2) is 0 Å². The predicted molar refractivity (Wildman–Crippen MR) is 83.6 cm³/mol. The van der Waals surface area contributed by atoms with E-state index in [1.807, 2.05) is 18.2 Å². The Labute approximate surface area is 122 Å². The van der Waals surface area contributed by atoms with Crippen molar-refractivity contribution in [3.8, 4) is 0 Å². The Hall–Kier alpha value is -1.35. The molecule has 1 atom stereocenters. The highest BCUT2D eigenvalue weighted by Gasteiger charge is 2.19. The van der Waals surface area contributed by atoms with E-state index in [9.17, 15) is 4.79 Å². The summed E-state index contributed by atoms with van der Waals surface area (Å²) in [7, 11) is 0. The lowest BCUT2D eigenvalue weighted by Crippen LogP contribution is -2.34. The zero-order valence-corrected chi connectivity index (χ0v) is 12.6. The molecule has 2 N–H and O–H groups in total. The molecular weight excluding hydrogens is 248 g/mol. The Morgan fingerprint density at radius 2 is 1.95 bits per heavy atom. The second-order valence-electron chi connectivity index (χ2n) is 5.91. The molecule has 20 heavy (non-hydrogen) atoms. The first kappa shape index (κ1) is 15.0. The third kappa shape index (κ3) is 4.34. The number of nitrogens with one attached hydrogen (secondary N) is 2. The minimum Gasteiger partial charge on any atom is -0.326 e. The van der Waals surface area contributed by atoms with Crippen molar-refractivity contribution in [2.45, 2.75) is 58.5 Å². The number of amides is 1. The van der Waals surface area contributed by atoms with Crippen LogP contribution in [-0.4, -0.2) is 11.9 Å². The summed E-state index contributed by atoms with van der Waals surface area (Å²) in [6.45, 7) is 4.65. The Kier molecular flexibility index (Phi) is 5.60. The standard InChI is InChI=1S/C17H26N2O/c1-13(15-8-4-3-5-9-15)18-12-16-10-6-7-11-17(16)19-14(2)20/h6-7,10-11,13,15,18H,3-5,8-9,12H2,1-2H3,(H,19,20). The third-order valence-electron chi connectivity index (χ3n) is 4.30. The second kappa shape index (κ2) is 7.44. The van der Waals surface area contributed by atoms with Gasteiger partial charge in [-0.25, -0.2) is 0 Å². The maximum Gasteiger partial charge on any atom is 0.221 e. The summed E-state index contributed by atoms with van der Waals surface area (Å²) in [5, 5.41) is 6.53. The zero-order chi connectivity index (χ0) is 14.4.